The summed E-state index contributed by atoms with van der Waals surface area (Å²) in [6, 6.07) is 17.9. The van der Waals surface area contributed by atoms with Gasteiger partial charge in [0.25, 0.3) is 5.56 Å². The van der Waals surface area contributed by atoms with Crippen LogP contribution in [0, 0.1) is 5.82 Å². The molecule has 0 aliphatic heterocycles. The van der Waals surface area contributed by atoms with E-state index in [1.807, 2.05) is 24.3 Å². The first-order valence-electron chi connectivity index (χ1n) is 10.6. The van der Waals surface area contributed by atoms with Crippen LogP contribution in [0.2, 0.25) is 0 Å². The van der Waals surface area contributed by atoms with Crippen LogP contribution < -0.4 is 11.3 Å². The van der Waals surface area contributed by atoms with Crippen molar-refractivity contribution < 1.29 is 12.8 Å². The van der Waals surface area contributed by atoms with Gasteiger partial charge in [-0.25, -0.2) is 22.8 Å². The van der Waals surface area contributed by atoms with Crippen molar-refractivity contribution in [2.24, 2.45) is 5.73 Å². The van der Waals surface area contributed by atoms with Gasteiger partial charge in [0.1, 0.15) is 18.5 Å². The lowest BCUT2D eigenvalue weighted by Crippen LogP contribution is -2.21. The van der Waals surface area contributed by atoms with Gasteiger partial charge < -0.3 is 5.73 Å². The SMILES string of the molecule is CS(=O)(=O)c1ccccc1-c1ccc(-n2cnc3ncn(-c4cccc(CN)c4)c3c2=O)c(F)c1. The Hall–Kier alpha value is -4.15. The van der Waals surface area contributed by atoms with Crippen molar-refractivity contribution in [2.45, 2.75) is 11.4 Å². The molecule has 0 saturated carbocycles. The second-order valence-electron chi connectivity index (χ2n) is 8.02. The lowest BCUT2D eigenvalue weighted by Gasteiger charge is -2.12. The van der Waals surface area contributed by atoms with E-state index in [2.05, 4.69) is 9.97 Å². The molecule has 35 heavy (non-hydrogen) atoms. The Balaban J connectivity index is 1.64. The molecule has 0 amide bonds. The fraction of sp³-hybridized carbons (Fsp3) is 0.0800. The van der Waals surface area contributed by atoms with E-state index in [1.54, 1.807) is 28.8 Å². The van der Waals surface area contributed by atoms with Gasteiger partial charge >= 0.3 is 0 Å². The maximum Gasteiger partial charge on any atom is 0.284 e. The van der Waals surface area contributed by atoms with Crippen LogP contribution >= 0.6 is 0 Å². The number of hydrogen-bond acceptors (Lipinski definition) is 6. The van der Waals surface area contributed by atoms with Crippen molar-refractivity contribution in [2.75, 3.05) is 6.26 Å². The molecule has 5 aromatic rings. The zero-order valence-electron chi connectivity index (χ0n) is 18.6. The quantitative estimate of drug-likeness (QED) is 0.406. The zero-order chi connectivity index (χ0) is 24.7. The molecule has 0 unspecified atom stereocenters. The van der Waals surface area contributed by atoms with Crippen molar-refractivity contribution in [3.8, 4) is 22.5 Å². The molecule has 0 radical (unpaired) electrons. The summed E-state index contributed by atoms with van der Waals surface area (Å²) in [4.78, 5) is 22.0. The van der Waals surface area contributed by atoms with Crippen molar-refractivity contribution >= 4 is 21.0 Å². The molecular formula is C25H20FN5O3S. The summed E-state index contributed by atoms with van der Waals surface area (Å²) in [5.74, 6) is -0.703. The summed E-state index contributed by atoms with van der Waals surface area (Å²) >= 11 is 0. The summed E-state index contributed by atoms with van der Waals surface area (Å²) in [5, 5.41) is 0. The maximum atomic E-state index is 15.3. The molecule has 10 heteroatoms. The highest BCUT2D eigenvalue weighted by atomic mass is 32.2. The Morgan fingerprint density at radius 1 is 0.943 bits per heavy atom. The van der Waals surface area contributed by atoms with Gasteiger partial charge in [-0.1, -0.05) is 36.4 Å². The van der Waals surface area contributed by atoms with E-state index in [9.17, 15) is 13.2 Å². The average molecular weight is 490 g/mol. The Bertz CT molecular complexity index is 1760. The van der Waals surface area contributed by atoms with E-state index < -0.39 is 21.2 Å². The van der Waals surface area contributed by atoms with Crippen LogP contribution in [0.4, 0.5) is 4.39 Å². The van der Waals surface area contributed by atoms with Crippen LogP contribution in [0.3, 0.4) is 0 Å². The van der Waals surface area contributed by atoms with Gasteiger partial charge in [0.05, 0.1) is 10.6 Å². The average Bonchev–Trinajstić information content (AvgIpc) is 3.29. The second kappa shape index (κ2) is 8.57. The van der Waals surface area contributed by atoms with E-state index >= 15 is 4.39 Å². The number of imidazole rings is 1. The Labute approximate surface area is 200 Å². The third-order valence-corrected chi connectivity index (χ3v) is 6.85. The summed E-state index contributed by atoms with van der Waals surface area (Å²) in [6.07, 6.45) is 3.81. The number of fused-ring (bicyclic) bond motifs is 1. The number of hydrogen-bond donors (Lipinski definition) is 1. The molecule has 0 bridgehead atoms. The van der Waals surface area contributed by atoms with E-state index in [-0.39, 0.29) is 21.7 Å². The number of benzene rings is 3. The van der Waals surface area contributed by atoms with Crippen LogP contribution in [-0.4, -0.2) is 33.8 Å². The summed E-state index contributed by atoms with van der Waals surface area (Å²) in [7, 11) is -3.52. The van der Waals surface area contributed by atoms with Crippen molar-refractivity contribution in [1.82, 2.24) is 19.1 Å². The molecule has 3 aromatic carbocycles. The molecule has 0 saturated heterocycles. The molecule has 8 nitrogen and oxygen atoms in total. The zero-order valence-corrected chi connectivity index (χ0v) is 19.4. The second-order valence-corrected chi connectivity index (χ2v) is 10.00. The predicted molar refractivity (Wildman–Crippen MR) is 131 cm³/mol. The molecule has 176 valence electrons. The number of aromatic nitrogens is 4. The number of halogens is 1. The van der Waals surface area contributed by atoms with Crippen molar-refractivity contribution in [3.05, 3.63) is 101 Å². The molecule has 0 spiro atoms. The number of nitrogens with two attached hydrogens (primary N) is 1. The van der Waals surface area contributed by atoms with Crippen LogP contribution in [0.25, 0.3) is 33.7 Å². The minimum absolute atomic E-state index is 0.0200. The normalized spacial score (nSPS) is 11.7. The van der Waals surface area contributed by atoms with Gasteiger partial charge in [-0.3, -0.25) is 13.9 Å². The van der Waals surface area contributed by atoms with E-state index in [4.69, 9.17) is 5.73 Å². The molecule has 0 fully saturated rings. The summed E-state index contributed by atoms with van der Waals surface area (Å²) in [5.41, 5.74) is 7.94. The monoisotopic (exact) mass is 489 g/mol. The molecule has 0 atom stereocenters. The van der Waals surface area contributed by atoms with Crippen molar-refractivity contribution in [3.63, 3.8) is 0 Å². The third-order valence-electron chi connectivity index (χ3n) is 5.69. The van der Waals surface area contributed by atoms with Crippen LogP contribution in [0.1, 0.15) is 5.56 Å². The lowest BCUT2D eigenvalue weighted by molar-refractivity contribution is 0.602. The number of rotatable bonds is 5. The number of sulfone groups is 1. The Morgan fingerprint density at radius 2 is 1.69 bits per heavy atom. The molecule has 5 rings (SSSR count). The van der Waals surface area contributed by atoms with Gasteiger partial charge in [-0.15, -0.1) is 0 Å². The minimum Gasteiger partial charge on any atom is -0.326 e. The standard InChI is InChI=1S/C25H20FN5O3S/c1-35(33,34)22-8-3-2-7-19(22)17-9-10-21(20(26)12-17)31-15-29-24-23(25(31)32)30(14-28-24)18-6-4-5-16(11-18)13-27/h2-12,14-15H,13,27H2,1H3. The van der Waals surface area contributed by atoms with Gasteiger partial charge in [0, 0.05) is 24.1 Å². The van der Waals surface area contributed by atoms with Gasteiger partial charge in [-0.05, 0) is 41.5 Å². The lowest BCUT2D eigenvalue weighted by atomic mass is 10.0. The highest BCUT2D eigenvalue weighted by molar-refractivity contribution is 7.90. The first-order chi connectivity index (χ1) is 16.8. The highest BCUT2D eigenvalue weighted by Crippen LogP contribution is 2.29. The molecule has 2 aromatic heterocycles. The van der Waals surface area contributed by atoms with Crippen molar-refractivity contribution in [1.29, 1.82) is 0 Å². The Kier molecular flexibility index (Phi) is 5.54. The fourth-order valence-electron chi connectivity index (χ4n) is 4.01. The van der Waals surface area contributed by atoms with Crippen LogP contribution in [0.5, 0.6) is 0 Å². The topological polar surface area (TPSA) is 113 Å². The number of nitrogens with zero attached hydrogens (tertiary/aromatic N) is 4. The molecule has 2 heterocycles. The fourth-order valence-corrected chi connectivity index (χ4v) is 4.92. The van der Waals surface area contributed by atoms with Gasteiger partial charge in [-0.2, -0.15) is 0 Å². The summed E-state index contributed by atoms with van der Waals surface area (Å²) < 4.78 is 42.3. The van der Waals surface area contributed by atoms with Crippen LogP contribution in [0.15, 0.2) is 89.1 Å². The highest BCUT2D eigenvalue weighted by Gasteiger charge is 2.18. The van der Waals surface area contributed by atoms with E-state index in [0.717, 1.165) is 16.4 Å². The first-order valence-corrected chi connectivity index (χ1v) is 12.5. The predicted octanol–water partition coefficient (Wildman–Crippen LogP) is 3.24. The molecule has 0 aliphatic rings. The van der Waals surface area contributed by atoms with Gasteiger partial charge in [0.2, 0.25) is 0 Å². The smallest absolute Gasteiger partial charge is 0.284 e. The first kappa shape index (κ1) is 22.6. The largest absolute Gasteiger partial charge is 0.326 e. The van der Waals surface area contributed by atoms with Gasteiger partial charge in [0.15, 0.2) is 21.0 Å². The molecule has 0 aliphatic carbocycles. The molecular weight excluding hydrogens is 469 g/mol. The maximum absolute atomic E-state index is 15.3. The Morgan fingerprint density at radius 3 is 2.40 bits per heavy atom. The molecule has 2 N–H and O–H groups in total. The minimum atomic E-state index is -3.52. The third kappa shape index (κ3) is 4.02. The van der Waals surface area contributed by atoms with Crippen LogP contribution in [-0.2, 0) is 16.4 Å². The van der Waals surface area contributed by atoms with E-state index in [0.29, 0.717) is 23.4 Å². The summed E-state index contributed by atoms with van der Waals surface area (Å²) in [6.45, 7) is 0.336. The van der Waals surface area contributed by atoms with E-state index in [1.165, 1.54) is 30.9 Å².